The molecule has 1 aromatic carbocycles. The molecular formula is C18H24ClN3O2. The van der Waals surface area contributed by atoms with Crippen LogP contribution < -0.4 is 5.32 Å². The Morgan fingerprint density at radius 1 is 1.29 bits per heavy atom. The molecule has 1 fully saturated rings. The number of nitrogens with zero attached hydrogens (tertiary/aromatic N) is 2. The molecule has 1 amide bonds. The first kappa shape index (κ1) is 17.3. The summed E-state index contributed by atoms with van der Waals surface area (Å²) in [6, 6.07) is 7.08. The summed E-state index contributed by atoms with van der Waals surface area (Å²) in [7, 11) is 2.15. The van der Waals surface area contributed by atoms with Crippen LogP contribution in [0, 0.1) is 5.92 Å². The molecule has 3 rings (SSSR count). The molecule has 0 radical (unpaired) electrons. The Bertz CT molecular complexity index is 707. The van der Waals surface area contributed by atoms with E-state index in [1.807, 2.05) is 0 Å². The molecule has 0 bridgehead atoms. The van der Waals surface area contributed by atoms with Gasteiger partial charge in [-0.3, -0.25) is 4.79 Å². The van der Waals surface area contributed by atoms with Gasteiger partial charge in [-0.25, -0.2) is 0 Å². The van der Waals surface area contributed by atoms with E-state index < -0.39 is 0 Å². The summed E-state index contributed by atoms with van der Waals surface area (Å²) in [4.78, 5) is 17.1. The van der Waals surface area contributed by atoms with E-state index in [4.69, 9.17) is 16.0 Å². The van der Waals surface area contributed by atoms with Crippen LogP contribution in [0.15, 0.2) is 28.7 Å². The van der Waals surface area contributed by atoms with Crippen molar-refractivity contribution in [2.45, 2.75) is 6.92 Å². The van der Waals surface area contributed by atoms with Gasteiger partial charge in [-0.05, 0) is 37.2 Å². The van der Waals surface area contributed by atoms with E-state index in [-0.39, 0.29) is 5.91 Å². The van der Waals surface area contributed by atoms with E-state index in [9.17, 15) is 4.79 Å². The SMILES string of the molecule is CC(CNC(=O)c1cc2cc(Cl)ccc2o1)CN1CCN(C)CC1. The molecule has 2 heterocycles. The highest BCUT2D eigenvalue weighted by Gasteiger charge is 2.17. The molecular weight excluding hydrogens is 326 g/mol. The van der Waals surface area contributed by atoms with Crippen molar-refractivity contribution >= 4 is 28.5 Å². The van der Waals surface area contributed by atoms with E-state index in [1.165, 1.54) is 0 Å². The molecule has 1 N–H and O–H groups in total. The first-order valence-corrected chi connectivity index (χ1v) is 8.77. The summed E-state index contributed by atoms with van der Waals surface area (Å²) in [6.07, 6.45) is 0. The molecule has 2 aromatic rings. The fraction of sp³-hybridized carbons (Fsp3) is 0.500. The highest BCUT2D eigenvalue weighted by atomic mass is 35.5. The van der Waals surface area contributed by atoms with Crippen molar-refractivity contribution in [2.75, 3.05) is 46.3 Å². The average Bonchev–Trinajstić information content (AvgIpc) is 2.98. The van der Waals surface area contributed by atoms with E-state index in [1.54, 1.807) is 24.3 Å². The minimum absolute atomic E-state index is 0.174. The van der Waals surface area contributed by atoms with Crippen LogP contribution >= 0.6 is 11.6 Å². The lowest BCUT2D eigenvalue weighted by molar-refractivity contribution is 0.0912. The minimum atomic E-state index is -0.174. The number of benzene rings is 1. The number of fused-ring (bicyclic) bond motifs is 1. The van der Waals surface area contributed by atoms with Gasteiger partial charge in [0.2, 0.25) is 0 Å². The van der Waals surface area contributed by atoms with Crippen LogP contribution in [0.5, 0.6) is 0 Å². The maximum atomic E-state index is 12.3. The number of rotatable bonds is 5. The lowest BCUT2D eigenvalue weighted by Gasteiger charge is -2.33. The van der Waals surface area contributed by atoms with Crippen LogP contribution in [0.3, 0.4) is 0 Å². The van der Waals surface area contributed by atoms with Gasteiger partial charge in [-0.1, -0.05) is 18.5 Å². The molecule has 1 aliphatic heterocycles. The lowest BCUT2D eigenvalue weighted by Crippen LogP contribution is -2.46. The van der Waals surface area contributed by atoms with Gasteiger partial charge in [-0.2, -0.15) is 0 Å². The van der Waals surface area contributed by atoms with Gasteiger partial charge in [-0.15, -0.1) is 0 Å². The predicted octanol–water partition coefficient (Wildman–Crippen LogP) is 2.70. The molecule has 1 saturated heterocycles. The molecule has 0 saturated carbocycles. The summed E-state index contributed by atoms with van der Waals surface area (Å²) < 4.78 is 5.59. The normalized spacial score (nSPS) is 18.0. The second-order valence-corrected chi connectivity index (χ2v) is 7.15. The smallest absolute Gasteiger partial charge is 0.287 e. The van der Waals surface area contributed by atoms with Gasteiger partial charge in [0.15, 0.2) is 5.76 Å². The number of hydrogen-bond acceptors (Lipinski definition) is 4. The fourth-order valence-corrected chi connectivity index (χ4v) is 3.20. The highest BCUT2D eigenvalue weighted by molar-refractivity contribution is 6.31. The van der Waals surface area contributed by atoms with Crippen LogP contribution in [-0.4, -0.2) is 62.0 Å². The number of hydrogen-bond donors (Lipinski definition) is 1. The molecule has 1 atom stereocenters. The molecule has 1 unspecified atom stereocenters. The van der Waals surface area contributed by atoms with E-state index in [2.05, 4.69) is 29.1 Å². The van der Waals surface area contributed by atoms with Gasteiger partial charge in [0, 0.05) is 49.7 Å². The third-order valence-corrected chi connectivity index (χ3v) is 4.71. The maximum absolute atomic E-state index is 12.3. The van der Waals surface area contributed by atoms with E-state index in [0.29, 0.717) is 28.8 Å². The van der Waals surface area contributed by atoms with Crippen LogP contribution in [-0.2, 0) is 0 Å². The zero-order valence-corrected chi connectivity index (χ0v) is 15.0. The Morgan fingerprint density at radius 2 is 2.04 bits per heavy atom. The summed E-state index contributed by atoms with van der Waals surface area (Å²) >= 11 is 5.96. The predicted molar refractivity (Wildman–Crippen MR) is 96.7 cm³/mol. The quantitative estimate of drug-likeness (QED) is 0.901. The second-order valence-electron chi connectivity index (χ2n) is 6.71. The van der Waals surface area contributed by atoms with Gasteiger partial charge in [0.05, 0.1) is 0 Å². The Morgan fingerprint density at radius 3 is 2.79 bits per heavy atom. The summed E-state index contributed by atoms with van der Waals surface area (Å²) in [5.41, 5.74) is 0.676. The second kappa shape index (κ2) is 7.55. The number of carbonyl (C=O) groups excluding carboxylic acids is 1. The zero-order valence-electron chi connectivity index (χ0n) is 14.2. The molecule has 0 aliphatic carbocycles. The monoisotopic (exact) mass is 349 g/mol. The summed E-state index contributed by atoms with van der Waals surface area (Å²) in [6.45, 7) is 8.23. The molecule has 6 heteroatoms. The number of piperazine rings is 1. The Balaban J connectivity index is 1.50. The van der Waals surface area contributed by atoms with Gasteiger partial charge >= 0.3 is 0 Å². The average molecular weight is 350 g/mol. The number of halogens is 1. The lowest BCUT2D eigenvalue weighted by atomic mass is 10.1. The van der Waals surface area contributed by atoms with Crippen molar-refractivity contribution in [3.63, 3.8) is 0 Å². The van der Waals surface area contributed by atoms with Crippen molar-refractivity contribution in [1.82, 2.24) is 15.1 Å². The van der Waals surface area contributed by atoms with E-state index in [0.717, 1.165) is 38.1 Å². The van der Waals surface area contributed by atoms with E-state index >= 15 is 0 Å². The topological polar surface area (TPSA) is 48.7 Å². The molecule has 1 aliphatic rings. The Hall–Kier alpha value is -1.56. The maximum Gasteiger partial charge on any atom is 0.287 e. The molecule has 24 heavy (non-hydrogen) atoms. The first-order chi connectivity index (χ1) is 11.5. The fourth-order valence-electron chi connectivity index (χ4n) is 3.02. The van der Waals surface area contributed by atoms with Crippen molar-refractivity contribution < 1.29 is 9.21 Å². The van der Waals surface area contributed by atoms with Crippen molar-refractivity contribution in [3.8, 4) is 0 Å². The number of furan rings is 1. The summed E-state index contributed by atoms with van der Waals surface area (Å²) in [5.74, 6) is 0.558. The third kappa shape index (κ3) is 4.29. The largest absolute Gasteiger partial charge is 0.451 e. The van der Waals surface area contributed by atoms with Crippen LogP contribution in [0.2, 0.25) is 5.02 Å². The van der Waals surface area contributed by atoms with Gasteiger partial charge in [0.25, 0.3) is 5.91 Å². The zero-order chi connectivity index (χ0) is 17.1. The first-order valence-electron chi connectivity index (χ1n) is 8.39. The van der Waals surface area contributed by atoms with Crippen molar-refractivity contribution in [2.24, 2.45) is 5.92 Å². The van der Waals surface area contributed by atoms with Crippen molar-refractivity contribution in [3.05, 3.63) is 35.0 Å². The highest BCUT2D eigenvalue weighted by Crippen LogP contribution is 2.23. The number of nitrogens with one attached hydrogen (secondary N) is 1. The van der Waals surface area contributed by atoms with Crippen molar-refractivity contribution in [1.29, 1.82) is 0 Å². The standard InChI is InChI=1S/C18H24ClN3O2/c1-13(12-22-7-5-21(2)6-8-22)11-20-18(23)17-10-14-9-15(19)3-4-16(14)24-17/h3-4,9-10,13H,5-8,11-12H2,1-2H3,(H,20,23). The van der Waals surface area contributed by atoms with Gasteiger partial charge < -0.3 is 19.5 Å². The Kier molecular flexibility index (Phi) is 5.43. The third-order valence-electron chi connectivity index (χ3n) is 4.48. The number of likely N-dealkylation sites (N-methyl/N-ethyl adjacent to an activating group) is 1. The minimum Gasteiger partial charge on any atom is -0.451 e. The number of amides is 1. The number of carbonyl (C=O) groups is 1. The van der Waals surface area contributed by atoms with Crippen LogP contribution in [0.25, 0.3) is 11.0 Å². The molecule has 0 spiro atoms. The Labute approximate surface area is 147 Å². The molecule has 1 aromatic heterocycles. The molecule has 5 nitrogen and oxygen atoms in total. The molecule has 130 valence electrons. The van der Waals surface area contributed by atoms with Crippen LogP contribution in [0.1, 0.15) is 17.5 Å². The summed E-state index contributed by atoms with van der Waals surface area (Å²) in [5, 5.41) is 4.45. The van der Waals surface area contributed by atoms with Crippen LogP contribution in [0.4, 0.5) is 0 Å². The van der Waals surface area contributed by atoms with Gasteiger partial charge in [0.1, 0.15) is 5.58 Å².